The highest BCUT2D eigenvalue weighted by molar-refractivity contribution is 5.69. The van der Waals surface area contributed by atoms with E-state index in [1.807, 2.05) is 13.1 Å². The Balaban J connectivity index is 1.66. The lowest BCUT2D eigenvalue weighted by molar-refractivity contribution is -0.145. The number of esters is 1. The number of nitrogens with zero attached hydrogens (tertiary/aromatic N) is 2. The van der Waals surface area contributed by atoms with Gasteiger partial charge in [-0.1, -0.05) is 0 Å². The molecule has 0 fully saturated rings. The van der Waals surface area contributed by atoms with Crippen molar-refractivity contribution in [3.8, 4) is 5.75 Å². The Bertz CT molecular complexity index is 578. The van der Waals surface area contributed by atoms with Gasteiger partial charge in [-0.2, -0.15) is 5.10 Å². The average Bonchev–Trinajstić information content (AvgIpc) is 2.95. The molecule has 0 spiro atoms. The van der Waals surface area contributed by atoms with Gasteiger partial charge >= 0.3 is 5.97 Å². The molecule has 0 atom stereocenters. The molecule has 2 aromatic rings. The van der Waals surface area contributed by atoms with E-state index in [2.05, 4.69) is 5.10 Å². The average molecular weight is 289 g/mol. The van der Waals surface area contributed by atoms with Crippen molar-refractivity contribution in [2.24, 2.45) is 0 Å². The molecule has 0 aliphatic carbocycles. The van der Waals surface area contributed by atoms with Crippen LogP contribution in [0.3, 0.4) is 0 Å². The minimum atomic E-state index is -0.297. The highest BCUT2D eigenvalue weighted by Crippen LogP contribution is 2.13. The first kappa shape index (κ1) is 14.9. The molecule has 6 heteroatoms. The van der Waals surface area contributed by atoms with Crippen molar-refractivity contribution in [3.05, 3.63) is 42.2 Å². The summed E-state index contributed by atoms with van der Waals surface area (Å²) in [4.78, 5) is 11.6. The smallest absolute Gasteiger partial charge is 0.309 e. The van der Waals surface area contributed by atoms with Gasteiger partial charge in [0.25, 0.3) is 0 Å². The minimum absolute atomic E-state index is 0.201. The molecule has 0 aliphatic rings. The second-order valence-corrected chi connectivity index (χ2v) is 4.53. The summed E-state index contributed by atoms with van der Waals surface area (Å²) in [5, 5.41) is 4.11. The van der Waals surface area contributed by atoms with E-state index in [4.69, 9.17) is 15.2 Å². The van der Waals surface area contributed by atoms with Gasteiger partial charge in [0.1, 0.15) is 12.4 Å². The molecule has 2 N–H and O–H groups in total. The van der Waals surface area contributed by atoms with E-state index in [0.717, 1.165) is 12.1 Å². The van der Waals surface area contributed by atoms with Crippen molar-refractivity contribution in [1.29, 1.82) is 0 Å². The lowest BCUT2D eigenvalue weighted by atomic mass is 10.3. The third-order valence-corrected chi connectivity index (χ3v) is 2.87. The molecule has 1 aromatic heterocycles. The van der Waals surface area contributed by atoms with Crippen LogP contribution in [-0.4, -0.2) is 22.4 Å². The Labute approximate surface area is 123 Å². The Kier molecular flexibility index (Phi) is 5.20. The molecule has 0 aliphatic heterocycles. The third kappa shape index (κ3) is 4.83. The number of benzene rings is 1. The van der Waals surface area contributed by atoms with E-state index < -0.39 is 0 Å². The lowest BCUT2D eigenvalue weighted by Gasteiger charge is -2.06. The van der Waals surface area contributed by atoms with Crippen molar-refractivity contribution in [3.63, 3.8) is 0 Å². The number of carbonyl (C=O) groups excluding carboxylic acids is 1. The van der Waals surface area contributed by atoms with Crippen LogP contribution in [0.2, 0.25) is 0 Å². The van der Waals surface area contributed by atoms with Crippen LogP contribution < -0.4 is 10.5 Å². The number of ether oxygens (including phenoxy) is 2. The van der Waals surface area contributed by atoms with Crippen LogP contribution in [0.15, 0.2) is 36.7 Å². The number of rotatable bonds is 7. The number of carbonyl (C=O) groups is 1. The number of nitrogens with two attached hydrogens (primary N) is 1. The first-order chi connectivity index (χ1) is 10.2. The largest absolute Gasteiger partial charge is 0.493 e. The molecule has 1 heterocycles. The monoisotopic (exact) mass is 289 g/mol. The normalized spacial score (nSPS) is 10.3. The van der Waals surface area contributed by atoms with Gasteiger partial charge in [-0.25, -0.2) is 0 Å². The molecule has 0 radical (unpaired) electrons. The number of hydrogen-bond donors (Lipinski definition) is 1. The highest BCUT2D eigenvalue weighted by Gasteiger charge is 2.05. The van der Waals surface area contributed by atoms with E-state index >= 15 is 0 Å². The molecule has 112 valence electrons. The van der Waals surface area contributed by atoms with E-state index in [1.165, 1.54) is 0 Å². The van der Waals surface area contributed by atoms with Crippen LogP contribution in [-0.2, 0) is 22.7 Å². The van der Waals surface area contributed by atoms with E-state index in [1.54, 1.807) is 35.1 Å². The zero-order valence-corrected chi connectivity index (χ0v) is 12.0. The maximum atomic E-state index is 11.6. The van der Waals surface area contributed by atoms with E-state index in [0.29, 0.717) is 11.4 Å². The topological polar surface area (TPSA) is 79.4 Å². The van der Waals surface area contributed by atoms with Crippen LogP contribution in [0.5, 0.6) is 5.75 Å². The van der Waals surface area contributed by atoms with Gasteiger partial charge in [0, 0.05) is 24.0 Å². The van der Waals surface area contributed by atoms with E-state index in [9.17, 15) is 4.79 Å². The molecule has 21 heavy (non-hydrogen) atoms. The van der Waals surface area contributed by atoms with Gasteiger partial charge in [0.2, 0.25) is 0 Å². The standard InChI is InChI=1S/C15H19N3O3/c1-2-18-10-12(9-17-18)11-21-15(19)7-8-20-14-5-3-13(16)4-6-14/h3-6,9-10H,2,7-8,11,16H2,1H3. The summed E-state index contributed by atoms with van der Waals surface area (Å²) in [5.74, 6) is 0.385. The molecule has 0 amide bonds. The number of nitrogen functional groups attached to an aromatic ring is 1. The first-order valence-electron chi connectivity index (χ1n) is 6.82. The molecule has 2 rings (SSSR count). The summed E-state index contributed by atoms with van der Waals surface area (Å²) in [7, 11) is 0. The van der Waals surface area contributed by atoms with Crippen LogP contribution in [0.4, 0.5) is 5.69 Å². The van der Waals surface area contributed by atoms with Gasteiger partial charge in [-0.05, 0) is 31.2 Å². The Morgan fingerprint density at radius 2 is 2.10 bits per heavy atom. The van der Waals surface area contributed by atoms with Crippen molar-refractivity contribution in [2.75, 3.05) is 12.3 Å². The Morgan fingerprint density at radius 3 is 2.76 bits per heavy atom. The predicted molar refractivity (Wildman–Crippen MR) is 78.7 cm³/mol. The summed E-state index contributed by atoms with van der Waals surface area (Å²) in [6, 6.07) is 7.03. The first-order valence-corrected chi connectivity index (χ1v) is 6.82. The number of aryl methyl sites for hydroxylation is 1. The van der Waals surface area contributed by atoms with Crippen molar-refractivity contribution >= 4 is 11.7 Å². The third-order valence-electron chi connectivity index (χ3n) is 2.87. The predicted octanol–water partition coefficient (Wildman–Crippen LogP) is 2.00. The molecule has 1 aromatic carbocycles. The molecule has 0 unspecified atom stereocenters. The quantitative estimate of drug-likeness (QED) is 0.623. The molecule has 6 nitrogen and oxygen atoms in total. The SMILES string of the molecule is CCn1cc(COC(=O)CCOc2ccc(N)cc2)cn1. The molecule has 0 bridgehead atoms. The summed E-state index contributed by atoms with van der Waals surface area (Å²) in [6.45, 7) is 3.30. The van der Waals surface area contributed by atoms with Gasteiger partial charge in [-0.3, -0.25) is 9.48 Å². The van der Waals surface area contributed by atoms with Crippen molar-refractivity contribution < 1.29 is 14.3 Å². The summed E-state index contributed by atoms with van der Waals surface area (Å²) in [6.07, 6.45) is 3.76. The van der Waals surface area contributed by atoms with Crippen molar-refractivity contribution in [2.45, 2.75) is 26.5 Å². The van der Waals surface area contributed by atoms with Crippen LogP contribution in [0.1, 0.15) is 18.9 Å². The fourth-order valence-corrected chi connectivity index (χ4v) is 1.71. The van der Waals surface area contributed by atoms with Gasteiger partial charge < -0.3 is 15.2 Å². The second kappa shape index (κ2) is 7.33. The maximum Gasteiger partial charge on any atom is 0.309 e. The highest BCUT2D eigenvalue weighted by atomic mass is 16.5. The summed E-state index contributed by atoms with van der Waals surface area (Å²) >= 11 is 0. The zero-order chi connectivity index (χ0) is 15.1. The second-order valence-electron chi connectivity index (χ2n) is 4.53. The molecule has 0 saturated carbocycles. The lowest BCUT2D eigenvalue weighted by Crippen LogP contribution is -2.09. The molecular formula is C15H19N3O3. The van der Waals surface area contributed by atoms with E-state index in [-0.39, 0.29) is 25.6 Å². The van der Waals surface area contributed by atoms with Gasteiger partial charge in [0.05, 0.1) is 19.2 Å². The fraction of sp³-hybridized carbons (Fsp3) is 0.333. The van der Waals surface area contributed by atoms with Gasteiger partial charge in [-0.15, -0.1) is 0 Å². The maximum absolute atomic E-state index is 11.6. The van der Waals surface area contributed by atoms with Gasteiger partial charge in [0.15, 0.2) is 0 Å². The number of aromatic nitrogens is 2. The fourth-order valence-electron chi connectivity index (χ4n) is 1.71. The van der Waals surface area contributed by atoms with Crippen LogP contribution >= 0.6 is 0 Å². The summed E-state index contributed by atoms with van der Waals surface area (Å²) in [5.41, 5.74) is 7.13. The number of anilines is 1. The number of hydrogen-bond acceptors (Lipinski definition) is 5. The molecular weight excluding hydrogens is 270 g/mol. The molecule has 0 saturated heterocycles. The van der Waals surface area contributed by atoms with Crippen LogP contribution in [0, 0.1) is 0 Å². The Hall–Kier alpha value is -2.50. The van der Waals surface area contributed by atoms with Crippen molar-refractivity contribution in [1.82, 2.24) is 9.78 Å². The zero-order valence-electron chi connectivity index (χ0n) is 12.0. The Morgan fingerprint density at radius 1 is 1.33 bits per heavy atom. The minimum Gasteiger partial charge on any atom is -0.493 e. The summed E-state index contributed by atoms with van der Waals surface area (Å²) < 4.78 is 12.4. The van der Waals surface area contributed by atoms with Crippen LogP contribution in [0.25, 0.3) is 0 Å².